The van der Waals surface area contributed by atoms with Crippen molar-refractivity contribution in [2.24, 2.45) is 0 Å². The lowest BCUT2D eigenvalue weighted by atomic mass is 9.65. The van der Waals surface area contributed by atoms with Crippen LogP contribution in [0.4, 0.5) is 0 Å². The molecule has 2 aliphatic rings. The number of hydrogen-bond acceptors (Lipinski definition) is 5. The molecule has 0 amide bonds. The molecule has 0 fully saturated rings. The molecule has 1 aromatic heterocycles. The summed E-state index contributed by atoms with van der Waals surface area (Å²) in [6, 6.07) is 69.1. The molecule has 0 saturated carbocycles. The van der Waals surface area contributed by atoms with Crippen LogP contribution in [0, 0.1) is 11.3 Å². The predicted molar refractivity (Wildman–Crippen MR) is 229 cm³/mol. The van der Waals surface area contributed by atoms with Gasteiger partial charge in [0.15, 0.2) is 17.5 Å². The van der Waals surface area contributed by atoms with E-state index in [0.29, 0.717) is 28.8 Å². The standard InChI is InChI=1S/C53H32N4O/c54-33-40-20-12-26-46-48(40)58-49-41(23-13-27-47(49)53(46)44-24-9-7-21-42(44)43-22-8-10-25-45(43)53)35-30-28-34(29-31-35)38-18-11-19-39(32-38)52-56-50(36-14-3-1-4-15-36)55-51(57-52)37-16-5-2-6-17-37/h1-32H. The highest BCUT2D eigenvalue weighted by atomic mass is 16.5. The third kappa shape index (κ3) is 5.13. The minimum atomic E-state index is -0.658. The van der Waals surface area contributed by atoms with Crippen molar-refractivity contribution in [1.82, 2.24) is 15.0 Å². The Bertz CT molecular complexity index is 2990. The van der Waals surface area contributed by atoms with Crippen LogP contribution < -0.4 is 4.74 Å². The average Bonchev–Trinajstić information content (AvgIpc) is 3.60. The van der Waals surface area contributed by atoms with E-state index in [1.807, 2.05) is 78.9 Å². The fourth-order valence-corrected chi connectivity index (χ4v) is 8.88. The number of rotatable bonds is 5. The van der Waals surface area contributed by atoms with Crippen molar-refractivity contribution in [3.63, 3.8) is 0 Å². The summed E-state index contributed by atoms with van der Waals surface area (Å²) in [6.07, 6.45) is 0. The van der Waals surface area contributed by atoms with Crippen LogP contribution in [0.15, 0.2) is 194 Å². The van der Waals surface area contributed by atoms with E-state index in [9.17, 15) is 5.26 Å². The summed E-state index contributed by atoms with van der Waals surface area (Å²) in [6.45, 7) is 0. The molecule has 58 heavy (non-hydrogen) atoms. The number of nitriles is 1. The van der Waals surface area contributed by atoms with E-state index in [2.05, 4.69) is 121 Å². The van der Waals surface area contributed by atoms with Gasteiger partial charge < -0.3 is 4.74 Å². The summed E-state index contributed by atoms with van der Waals surface area (Å²) in [5.74, 6) is 3.23. The van der Waals surface area contributed by atoms with Gasteiger partial charge in [-0.2, -0.15) is 5.26 Å². The zero-order valence-electron chi connectivity index (χ0n) is 31.2. The molecule has 1 aliphatic heterocycles. The van der Waals surface area contributed by atoms with Crippen molar-refractivity contribution in [2.75, 3.05) is 0 Å². The van der Waals surface area contributed by atoms with E-state index in [0.717, 1.165) is 55.8 Å². The Labute approximate surface area is 336 Å². The number of aromatic nitrogens is 3. The minimum absolute atomic E-state index is 0.513. The monoisotopic (exact) mass is 740 g/mol. The Balaban J connectivity index is 1.02. The Morgan fingerprint density at radius 3 is 1.43 bits per heavy atom. The second kappa shape index (κ2) is 13.4. The highest BCUT2D eigenvalue weighted by Gasteiger charge is 2.51. The van der Waals surface area contributed by atoms with Gasteiger partial charge >= 0.3 is 0 Å². The minimum Gasteiger partial charge on any atom is -0.455 e. The topological polar surface area (TPSA) is 71.7 Å². The van der Waals surface area contributed by atoms with Gasteiger partial charge in [0.2, 0.25) is 0 Å². The molecule has 1 spiro atoms. The van der Waals surface area contributed by atoms with Gasteiger partial charge in [0.25, 0.3) is 0 Å². The van der Waals surface area contributed by atoms with Gasteiger partial charge in [-0.05, 0) is 51.1 Å². The molecule has 0 atom stereocenters. The molecule has 8 aromatic carbocycles. The normalized spacial score (nSPS) is 12.7. The second-order valence-corrected chi connectivity index (χ2v) is 14.6. The summed E-state index contributed by atoms with van der Waals surface area (Å²) in [5.41, 5.74) is 13.5. The van der Waals surface area contributed by atoms with Crippen LogP contribution >= 0.6 is 0 Å². The smallest absolute Gasteiger partial charge is 0.164 e. The van der Waals surface area contributed by atoms with E-state index in [4.69, 9.17) is 19.7 Å². The largest absolute Gasteiger partial charge is 0.455 e. The van der Waals surface area contributed by atoms with E-state index in [1.165, 1.54) is 22.3 Å². The summed E-state index contributed by atoms with van der Waals surface area (Å²) >= 11 is 0. The summed E-state index contributed by atoms with van der Waals surface area (Å²) in [5, 5.41) is 10.4. The van der Waals surface area contributed by atoms with Crippen molar-refractivity contribution in [3.05, 3.63) is 222 Å². The first kappa shape index (κ1) is 33.4. The molecule has 270 valence electrons. The number of fused-ring (bicyclic) bond motifs is 9. The molecule has 0 saturated heterocycles. The molecular formula is C53H32N4O. The van der Waals surface area contributed by atoms with E-state index in [-0.39, 0.29) is 0 Å². The van der Waals surface area contributed by atoms with Crippen LogP contribution in [-0.2, 0) is 5.41 Å². The fraction of sp³-hybridized carbons (Fsp3) is 0.0189. The molecule has 0 bridgehead atoms. The first-order valence-electron chi connectivity index (χ1n) is 19.3. The van der Waals surface area contributed by atoms with Crippen molar-refractivity contribution in [1.29, 1.82) is 5.26 Å². The number of para-hydroxylation sites is 2. The zero-order valence-corrected chi connectivity index (χ0v) is 31.2. The van der Waals surface area contributed by atoms with Gasteiger partial charge in [-0.15, -0.1) is 0 Å². The highest BCUT2D eigenvalue weighted by molar-refractivity contribution is 5.91. The zero-order chi connectivity index (χ0) is 38.6. The number of ether oxygens (including phenoxy) is 1. The maximum Gasteiger partial charge on any atom is 0.164 e. The van der Waals surface area contributed by atoms with Gasteiger partial charge in [-0.1, -0.05) is 182 Å². The fourth-order valence-electron chi connectivity index (χ4n) is 8.88. The first-order chi connectivity index (χ1) is 28.7. The molecule has 0 unspecified atom stereocenters. The maximum absolute atomic E-state index is 10.4. The molecule has 5 heteroatoms. The van der Waals surface area contributed by atoms with Gasteiger partial charge in [0.05, 0.1) is 11.0 Å². The third-order valence-electron chi connectivity index (χ3n) is 11.5. The van der Waals surface area contributed by atoms with Crippen LogP contribution in [0.5, 0.6) is 11.5 Å². The lowest BCUT2D eigenvalue weighted by Crippen LogP contribution is -2.32. The van der Waals surface area contributed by atoms with Gasteiger partial charge in [-0.3, -0.25) is 0 Å². The maximum atomic E-state index is 10.4. The number of nitrogens with zero attached hydrogens (tertiary/aromatic N) is 4. The molecule has 9 aromatic rings. The summed E-state index contributed by atoms with van der Waals surface area (Å²) < 4.78 is 6.92. The summed E-state index contributed by atoms with van der Waals surface area (Å²) in [4.78, 5) is 14.8. The lowest BCUT2D eigenvalue weighted by Gasteiger charge is -2.40. The molecule has 5 nitrogen and oxygen atoms in total. The van der Waals surface area contributed by atoms with Crippen molar-refractivity contribution in [3.8, 4) is 85.1 Å². The van der Waals surface area contributed by atoms with Crippen LogP contribution in [-0.4, -0.2) is 15.0 Å². The Morgan fingerprint density at radius 1 is 0.362 bits per heavy atom. The lowest BCUT2D eigenvalue weighted by molar-refractivity contribution is 0.436. The van der Waals surface area contributed by atoms with Crippen LogP contribution in [0.1, 0.15) is 27.8 Å². The SMILES string of the molecule is N#Cc1cccc2c1Oc1c(-c3ccc(-c4cccc(-c5nc(-c6ccccc6)nc(-c6ccccc6)n5)c4)cc3)cccc1C21c2ccccc2-c2ccccc21. The Morgan fingerprint density at radius 2 is 0.810 bits per heavy atom. The molecule has 2 heterocycles. The summed E-state index contributed by atoms with van der Waals surface area (Å²) in [7, 11) is 0. The Kier molecular flexibility index (Phi) is 7.70. The number of benzene rings is 8. The first-order valence-corrected chi connectivity index (χ1v) is 19.3. The van der Waals surface area contributed by atoms with Crippen molar-refractivity contribution >= 4 is 0 Å². The Hall–Kier alpha value is -7.94. The van der Waals surface area contributed by atoms with Crippen LogP contribution in [0.25, 0.3) is 67.5 Å². The predicted octanol–water partition coefficient (Wildman–Crippen LogP) is 12.5. The highest BCUT2D eigenvalue weighted by Crippen LogP contribution is 2.63. The van der Waals surface area contributed by atoms with Crippen molar-refractivity contribution in [2.45, 2.75) is 5.41 Å². The molecular weight excluding hydrogens is 709 g/mol. The van der Waals surface area contributed by atoms with E-state index < -0.39 is 5.41 Å². The van der Waals surface area contributed by atoms with Crippen LogP contribution in [0.2, 0.25) is 0 Å². The molecule has 0 radical (unpaired) electrons. The quantitative estimate of drug-likeness (QED) is 0.176. The molecule has 11 rings (SSSR count). The second-order valence-electron chi connectivity index (χ2n) is 14.6. The molecule has 1 aliphatic carbocycles. The third-order valence-corrected chi connectivity index (χ3v) is 11.5. The van der Waals surface area contributed by atoms with E-state index >= 15 is 0 Å². The van der Waals surface area contributed by atoms with Gasteiger partial charge in [-0.25, -0.2) is 15.0 Å². The average molecular weight is 741 g/mol. The molecule has 0 N–H and O–H groups in total. The van der Waals surface area contributed by atoms with Gasteiger partial charge in [0, 0.05) is 33.4 Å². The number of hydrogen-bond donors (Lipinski definition) is 0. The van der Waals surface area contributed by atoms with E-state index in [1.54, 1.807) is 0 Å². The van der Waals surface area contributed by atoms with Crippen molar-refractivity contribution < 1.29 is 4.74 Å². The van der Waals surface area contributed by atoms with Gasteiger partial charge in [0.1, 0.15) is 17.6 Å². The van der Waals surface area contributed by atoms with Crippen LogP contribution in [0.3, 0.4) is 0 Å².